The van der Waals surface area contributed by atoms with Gasteiger partial charge in [0, 0.05) is 35.6 Å². The second kappa shape index (κ2) is 6.53. The summed E-state index contributed by atoms with van der Waals surface area (Å²) >= 11 is 6.01. The van der Waals surface area contributed by atoms with Gasteiger partial charge in [-0.1, -0.05) is 11.6 Å². The van der Waals surface area contributed by atoms with E-state index in [1.807, 2.05) is 32.0 Å². The van der Waals surface area contributed by atoms with Gasteiger partial charge < -0.3 is 10.2 Å². The number of hydrogen-bond donors (Lipinski definition) is 1. The normalized spacial score (nSPS) is 15.0. The SMILES string of the molecule is Cc1cc(N2CCCCC2)nc(Nc2ccc(Cl)cc2C)n1. The molecule has 2 aromatic rings. The molecule has 1 saturated heterocycles. The maximum atomic E-state index is 6.01. The summed E-state index contributed by atoms with van der Waals surface area (Å²) in [4.78, 5) is 11.5. The summed E-state index contributed by atoms with van der Waals surface area (Å²) < 4.78 is 0. The Morgan fingerprint density at radius 3 is 2.55 bits per heavy atom. The number of rotatable bonds is 3. The number of aromatic nitrogens is 2. The van der Waals surface area contributed by atoms with E-state index in [1.165, 1.54) is 19.3 Å². The topological polar surface area (TPSA) is 41.1 Å². The molecule has 1 N–H and O–H groups in total. The summed E-state index contributed by atoms with van der Waals surface area (Å²) in [5, 5.41) is 4.05. The van der Waals surface area contributed by atoms with Gasteiger partial charge in [-0.2, -0.15) is 4.98 Å². The summed E-state index contributed by atoms with van der Waals surface area (Å²) in [5.41, 5.74) is 3.04. The summed E-state index contributed by atoms with van der Waals surface area (Å²) in [6.07, 6.45) is 3.79. The fourth-order valence-corrected chi connectivity index (χ4v) is 3.01. The molecule has 2 heterocycles. The third-order valence-electron chi connectivity index (χ3n) is 3.96. The first kappa shape index (κ1) is 15.1. The van der Waals surface area contributed by atoms with Gasteiger partial charge >= 0.3 is 0 Å². The van der Waals surface area contributed by atoms with Gasteiger partial charge in [-0.25, -0.2) is 4.98 Å². The first-order valence-electron chi connectivity index (χ1n) is 7.75. The van der Waals surface area contributed by atoms with Crippen molar-refractivity contribution in [1.29, 1.82) is 0 Å². The Bertz CT molecular complexity index is 666. The Kier molecular flexibility index (Phi) is 4.48. The lowest BCUT2D eigenvalue weighted by Gasteiger charge is -2.28. The molecule has 4 nitrogen and oxygen atoms in total. The van der Waals surface area contributed by atoms with Crippen molar-refractivity contribution in [3.63, 3.8) is 0 Å². The second-order valence-corrected chi connectivity index (χ2v) is 6.26. The third kappa shape index (κ3) is 3.50. The van der Waals surface area contributed by atoms with Crippen LogP contribution in [0.4, 0.5) is 17.5 Å². The Morgan fingerprint density at radius 1 is 1.05 bits per heavy atom. The van der Waals surface area contributed by atoms with Crippen molar-refractivity contribution in [1.82, 2.24) is 9.97 Å². The first-order valence-corrected chi connectivity index (χ1v) is 8.13. The quantitative estimate of drug-likeness (QED) is 0.906. The smallest absolute Gasteiger partial charge is 0.229 e. The highest BCUT2D eigenvalue weighted by Gasteiger charge is 2.14. The summed E-state index contributed by atoms with van der Waals surface area (Å²) in [7, 11) is 0. The molecule has 5 heteroatoms. The molecule has 1 aromatic carbocycles. The van der Waals surface area contributed by atoms with Gasteiger partial charge in [-0.15, -0.1) is 0 Å². The number of benzene rings is 1. The van der Waals surface area contributed by atoms with E-state index in [2.05, 4.69) is 26.3 Å². The number of nitrogens with zero attached hydrogens (tertiary/aromatic N) is 3. The van der Waals surface area contributed by atoms with E-state index < -0.39 is 0 Å². The van der Waals surface area contributed by atoms with Crippen LogP contribution in [-0.2, 0) is 0 Å². The monoisotopic (exact) mass is 316 g/mol. The standard InChI is InChI=1S/C17H21ClN4/c1-12-10-14(18)6-7-15(12)20-17-19-13(2)11-16(21-17)22-8-4-3-5-9-22/h6-7,10-11H,3-5,8-9H2,1-2H3,(H,19,20,21). The molecule has 1 aliphatic heterocycles. The van der Waals surface area contributed by atoms with Crippen LogP contribution < -0.4 is 10.2 Å². The molecule has 0 amide bonds. The largest absolute Gasteiger partial charge is 0.356 e. The molecule has 116 valence electrons. The molecule has 1 aromatic heterocycles. The highest BCUT2D eigenvalue weighted by Crippen LogP contribution is 2.24. The van der Waals surface area contributed by atoms with E-state index in [0.29, 0.717) is 5.95 Å². The van der Waals surface area contributed by atoms with Gasteiger partial charge in [0.05, 0.1) is 0 Å². The van der Waals surface area contributed by atoms with E-state index in [9.17, 15) is 0 Å². The fraction of sp³-hybridized carbons (Fsp3) is 0.412. The zero-order valence-electron chi connectivity index (χ0n) is 13.1. The van der Waals surface area contributed by atoms with E-state index in [4.69, 9.17) is 11.6 Å². The van der Waals surface area contributed by atoms with Crippen LogP contribution in [-0.4, -0.2) is 23.1 Å². The average Bonchev–Trinajstić information content (AvgIpc) is 2.50. The maximum absolute atomic E-state index is 6.01. The van der Waals surface area contributed by atoms with Crippen LogP contribution in [0.1, 0.15) is 30.5 Å². The maximum Gasteiger partial charge on any atom is 0.229 e. The molecule has 0 bridgehead atoms. The molecule has 1 aliphatic rings. The molecule has 3 rings (SSSR count). The lowest BCUT2D eigenvalue weighted by atomic mass is 10.1. The molecule has 1 fully saturated rings. The van der Waals surface area contributed by atoms with Crippen molar-refractivity contribution in [2.75, 3.05) is 23.3 Å². The minimum Gasteiger partial charge on any atom is -0.356 e. The Morgan fingerprint density at radius 2 is 1.82 bits per heavy atom. The van der Waals surface area contributed by atoms with Crippen LogP contribution >= 0.6 is 11.6 Å². The number of nitrogens with one attached hydrogen (secondary N) is 1. The van der Waals surface area contributed by atoms with Gasteiger partial charge in [0.1, 0.15) is 5.82 Å². The minimum absolute atomic E-state index is 0.644. The van der Waals surface area contributed by atoms with Crippen molar-refractivity contribution in [3.8, 4) is 0 Å². The van der Waals surface area contributed by atoms with Crippen molar-refractivity contribution < 1.29 is 0 Å². The number of halogens is 1. The number of aryl methyl sites for hydroxylation is 2. The molecule has 0 atom stereocenters. The zero-order chi connectivity index (χ0) is 15.5. The second-order valence-electron chi connectivity index (χ2n) is 5.82. The van der Waals surface area contributed by atoms with Gasteiger partial charge in [-0.3, -0.25) is 0 Å². The van der Waals surface area contributed by atoms with Crippen LogP contribution in [0.15, 0.2) is 24.3 Å². The molecular weight excluding hydrogens is 296 g/mol. The van der Waals surface area contributed by atoms with Gasteiger partial charge in [0.25, 0.3) is 0 Å². The highest BCUT2D eigenvalue weighted by molar-refractivity contribution is 6.30. The van der Waals surface area contributed by atoms with Crippen LogP contribution in [0, 0.1) is 13.8 Å². The van der Waals surface area contributed by atoms with E-state index >= 15 is 0 Å². The fourth-order valence-electron chi connectivity index (χ4n) is 2.78. The number of piperidine rings is 1. The lowest BCUT2D eigenvalue weighted by molar-refractivity contribution is 0.573. The van der Waals surface area contributed by atoms with Gasteiger partial charge in [0.2, 0.25) is 5.95 Å². The van der Waals surface area contributed by atoms with Crippen molar-refractivity contribution in [2.24, 2.45) is 0 Å². The third-order valence-corrected chi connectivity index (χ3v) is 4.19. The number of anilines is 3. The minimum atomic E-state index is 0.644. The highest BCUT2D eigenvalue weighted by atomic mass is 35.5. The van der Waals surface area contributed by atoms with E-state index in [0.717, 1.165) is 40.9 Å². The van der Waals surface area contributed by atoms with E-state index in [1.54, 1.807) is 0 Å². The van der Waals surface area contributed by atoms with Crippen LogP contribution in [0.3, 0.4) is 0 Å². The van der Waals surface area contributed by atoms with Crippen molar-refractivity contribution >= 4 is 29.1 Å². The van der Waals surface area contributed by atoms with Crippen molar-refractivity contribution in [2.45, 2.75) is 33.1 Å². The average molecular weight is 317 g/mol. The van der Waals surface area contributed by atoms with Crippen molar-refractivity contribution in [3.05, 3.63) is 40.5 Å². The Balaban J connectivity index is 1.85. The molecule has 22 heavy (non-hydrogen) atoms. The summed E-state index contributed by atoms with van der Waals surface area (Å²) in [5.74, 6) is 1.66. The van der Waals surface area contributed by atoms with Gasteiger partial charge in [0.15, 0.2) is 0 Å². The predicted octanol–water partition coefficient (Wildman–Crippen LogP) is 4.48. The van der Waals surface area contributed by atoms with Gasteiger partial charge in [-0.05, 0) is 56.9 Å². The molecule has 0 aliphatic carbocycles. The molecule has 0 unspecified atom stereocenters. The Labute approximate surface area is 136 Å². The van der Waals surface area contributed by atoms with Crippen LogP contribution in [0.5, 0.6) is 0 Å². The molecule has 0 saturated carbocycles. The van der Waals surface area contributed by atoms with Crippen LogP contribution in [0.2, 0.25) is 5.02 Å². The zero-order valence-corrected chi connectivity index (χ0v) is 13.8. The van der Waals surface area contributed by atoms with E-state index in [-0.39, 0.29) is 0 Å². The van der Waals surface area contributed by atoms with Crippen LogP contribution in [0.25, 0.3) is 0 Å². The molecule has 0 radical (unpaired) electrons. The number of hydrogen-bond acceptors (Lipinski definition) is 4. The summed E-state index contributed by atoms with van der Waals surface area (Å²) in [6.45, 7) is 6.19. The summed E-state index contributed by atoms with van der Waals surface area (Å²) in [6, 6.07) is 7.83. The molecule has 0 spiro atoms. The predicted molar refractivity (Wildman–Crippen MR) is 92.3 cm³/mol. The Hall–Kier alpha value is -1.81. The lowest BCUT2D eigenvalue weighted by Crippen LogP contribution is -2.30. The molecular formula is C17H21ClN4. The first-order chi connectivity index (χ1) is 10.6.